The van der Waals surface area contributed by atoms with Gasteiger partial charge in [-0.3, -0.25) is 10.1 Å². The Balaban J connectivity index is 1.88. The number of phenolic OH excluding ortho intramolecular Hbond substituents is 1. The molecular formula is C19H12Cl2FNO4. The first-order valence-electron chi connectivity index (χ1n) is 7.71. The Morgan fingerprint density at radius 3 is 2.26 bits per heavy atom. The molecule has 0 aliphatic heterocycles. The maximum absolute atomic E-state index is 13.0. The number of rotatable bonds is 5. The van der Waals surface area contributed by atoms with Crippen LogP contribution in [0.5, 0.6) is 17.2 Å². The van der Waals surface area contributed by atoms with Gasteiger partial charge >= 0.3 is 0 Å². The second-order valence-electron chi connectivity index (χ2n) is 5.69. The maximum Gasteiger partial charge on any atom is 0.272 e. The number of hydrogen-bond acceptors (Lipinski definition) is 4. The van der Waals surface area contributed by atoms with Crippen LogP contribution in [-0.4, -0.2) is 10.0 Å². The van der Waals surface area contributed by atoms with Crippen molar-refractivity contribution in [3.8, 4) is 17.2 Å². The van der Waals surface area contributed by atoms with Crippen LogP contribution in [0.3, 0.4) is 0 Å². The van der Waals surface area contributed by atoms with Crippen molar-refractivity contribution in [3.63, 3.8) is 0 Å². The van der Waals surface area contributed by atoms with E-state index in [1.165, 1.54) is 24.3 Å². The number of nitro benzene ring substituents is 1. The van der Waals surface area contributed by atoms with Gasteiger partial charge in [-0.15, -0.1) is 0 Å². The van der Waals surface area contributed by atoms with Crippen LogP contribution in [0.15, 0.2) is 54.6 Å². The van der Waals surface area contributed by atoms with Gasteiger partial charge in [0.05, 0.1) is 15.0 Å². The molecule has 8 heteroatoms. The summed E-state index contributed by atoms with van der Waals surface area (Å²) in [5, 5.41) is 20.9. The van der Waals surface area contributed by atoms with Gasteiger partial charge in [-0.25, -0.2) is 4.39 Å². The van der Waals surface area contributed by atoms with Crippen LogP contribution >= 0.6 is 23.2 Å². The molecule has 3 aromatic rings. The van der Waals surface area contributed by atoms with Gasteiger partial charge in [0.15, 0.2) is 5.75 Å². The molecule has 0 fully saturated rings. The Hall–Kier alpha value is -2.83. The minimum Gasteiger partial charge on any atom is -0.508 e. The number of benzene rings is 3. The number of non-ortho nitro benzene ring substituents is 1. The zero-order valence-corrected chi connectivity index (χ0v) is 15.2. The fraction of sp³-hybridized carbons (Fsp3) is 0.0526. The van der Waals surface area contributed by atoms with Crippen LogP contribution in [0.2, 0.25) is 10.0 Å². The molecular weight excluding hydrogens is 396 g/mol. The number of phenols is 1. The van der Waals surface area contributed by atoms with Gasteiger partial charge in [0.25, 0.3) is 5.69 Å². The zero-order chi connectivity index (χ0) is 19.6. The summed E-state index contributed by atoms with van der Waals surface area (Å²) in [5.74, 6) is 0.111. The quantitative estimate of drug-likeness (QED) is 0.407. The highest BCUT2D eigenvalue weighted by Gasteiger charge is 2.17. The first-order valence-corrected chi connectivity index (χ1v) is 8.46. The molecule has 0 heterocycles. The second kappa shape index (κ2) is 7.82. The Kier molecular flexibility index (Phi) is 5.48. The van der Waals surface area contributed by atoms with Crippen molar-refractivity contribution in [1.29, 1.82) is 0 Å². The highest BCUT2D eigenvalue weighted by molar-refractivity contribution is 6.37. The molecule has 3 rings (SSSR count). The monoisotopic (exact) mass is 407 g/mol. The molecule has 0 saturated heterocycles. The standard InChI is InChI=1S/C19H12Cl2FNO4/c20-16-9-14(23(25)26)10-17(21)19(16)27-15-5-6-18(24)12(8-15)7-11-1-3-13(22)4-2-11/h1-6,8-10,24H,7H2. The van der Waals surface area contributed by atoms with Crippen molar-refractivity contribution in [2.24, 2.45) is 0 Å². The van der Waals surface area contributed by atoms with Gasteiger partial charge in [0.2, 0.25) is 0 Å². The van der Waals surface area contributed by atoms with Gasteiger partial charge in [0.1, 0.15) is 17.3 Å². The lowest BCUT2D eigenvalue weighted by molar-refractivity contribution is -0.384. The average molecular weight is 408 g/mol. The summed E-state index contributed by atoms with van der Waals surface area (Å²) in [6.07, 6.45) is 0.352. The minimum atomic E-state index is -0.608. The summed E-state index contributed by atoms with van der Waals surface area (Å²) in [5.41, 5.74) is 1.10. The summed E-state index contributed by atoms with van der Waals surface area (Å²) < 4.78 is 18.7. The van der Waals surface area contributed by atoms with Crippen molar-refractivity contribution < 1.29 is 19.2 Å². The molecule has 27 heavy (non-hydrogen) atoms. The Morgan fingerprint density at radius 1 is 1.04 bits per heavy atom. The van der Waals surface area contributed by atoms with Crippen LogP contribution in [-0.2, 0) is 6.42 Å². The van der Waals surface area contributed by atoms with Gasteiger partial charge in [-0.05, 0) is 35.9 Å². The van der Waals surface area contributed by atoms with E-state index in [0.29, 0.717) is 17.7 Å². The van der Waals surface area contributed by atoms with Crippen LogP contribution in [0, 0.1) is 15.9 Å². The normalized spacial score (nSPS) is 10.6. The minimum absolute atomic E-state index is 0.0117. The van der Waals surface area contributed by atoms with Gasteiger partial charge in [0, 0.05) is 24.1 Å². The van der Waals surface area contributed by atoms with E-state index in [4.69, 9.17) is 27.9 Å². The third kappa shape index (κ3) is 4.48. The smallest absolute Gasteiger partial charge is 0.272 e. The average Bonchev–Trinajstić information content (AvgIpc) is 2.62. The number of nitro groups is 1. The molecule has 5 nitrogen and oxygen atoms in total. The molecule has 1 N–H and O–H groups in total. The van der Waals surface area contributed by atoms with Gasteiger partial charge < -0.3 is 9.84 Å². The van der Waals surface area contributed by atoms with E-state index in [-0.39, 0.29) is 33.0 Å². The van der Waals surface area contributed by atoms with Crippen LogP contribution in [0.4, 0.5) is 10.1 Å². The Morgan fingerprint density at radius 2 is 1.67 bits per heavy atom. The van der Waals surface area contributed by atoms with Crippen LogP contribution in [0.1, 0.15) is 11.1 Å². The first kappa shape index (κ1) is 18.9. The molecule has 0 atom stereocenters. The Labute approximate surface area is 163 Å². The van der Waals surface area contributed by atoms with Crippen molar-refractivity contribution in [1.82, 2.24) is 0 Å². The highest BCUT2D eigenvalue weighted by Crippen LogP contribution is 2.40. The van der Waals surface area contributed by atoms with Gasteiger partial charge in [-0.2, -0.15) is 0 Å². The lowest BCUT2D eigenvalue weighted by Gasteiger charge is -2.12. The number of ether oxygens (including phenoxy) is 1. The summed E-state index contributed by atoms with van der Waals surface area (Å²) in [4.78, 5) is 10.2. The SMILES string of the molecule is O=[N+]([O-])c1cc(Cl)c(Oc2ccc(O)c(Cc3ccc(F)cc3)c2)c(Cl)c1. The molecule has 3 aromatic carbocycles. The van der Waals surface area contributed by atoms with Gasteiger partial charge in [-0.1, -0.05) is 35.3 Å². The molecule has 0 unspecified atom stereocenters. The highest BCUT2D eigenvalue weighted by atomic mass is 35.5. The number of halogens is 3. The van der Waals surface area contributed by atoms with Crippen molar-refractivity contribution >= 4 is 28.9 Å². The summed E-state index contributed by atoms with van der Waals surface area (Å²) >= 11 is 12.1. The van der Waals surface area contributed by atoms with E-state index >= 15 is 0 Å². The zero-order valence-electron chi connectivity index (χ0n) is 13.7. The summed E-state index contributed by atoms with van der Waals surface area (Å²) in [6, 6.07) is 12.7. The second-order valence-corrected chi connectivity index (χ2v) is 6.51. The fourth-order valence-corrected chi connectivity index (χ4v) is 3.01. The number of hydrogen-bond donors (Lipinski definition) is 1. The number of aromatic hydroxyl groups is 1. The van der Waals surface area contributed by atoms with Crippen molar-refractivity contribution in [3.05, 3.63) is 91.7 Å². The van der Waals surface area contributed by atoms with Crippen LogP contribution in [0.25, 0.3) is 0 Å². The van der Waals surface area contributed by atoms with Crippen molar-refractivity contribution in [2.45, 2.75) is 6.42 Å². The van der Waals surface area contributed by atoms with E-state index in [1.54, 1.807) is 18.2 Å². The maximum atomic E-state index is 13.0. The van der Waals surface area contributed by atoms with Crippen molar-refractivity contribution in [2.75, 3.05) is 0 Å². The third-order valence-corrected chi connectivity index (χ3v) is 4.33. The summed E-state index contributed by atoms with van der Waals surface area (Å²) in [6.45, 7) is 0. The van der Waals surface area contributed by atoms with E-state index < -0.39 is 4.92 Å². The molecule has 138 valence electrons. The molecule has 0 spiro atoms. The lowest BCUT2D eigenvalue weighted by Crippen LogP contribution is -1.94. The third-order valence-electron chi connectivity index (χ3n) is 3.77. The predicted octanol–water partition coefficient (Wildman–Crippen LogP) is 6.13. The lowest BCUT2D eigenvalue weighted by atomic mass is 10.0. The molecule has 0 aliphatic carbocycles. The summed E-state index contributed by atoms with van der Waals surface area (Å²) in [7, 11) is 0. The molecule has 0 bridgehead atoms. The van der Waals surface area contributed by atoms with E-state index in [2.05, 4.69) is 0 Å². The first-order chi connectivity index (χ1) is 12.8. The van der Waals surface area contributed by atoms with Crippen LogP contribution < -0.4 is 4.74 Å². The van der Waals surface area contributed by atoms with E-state index in [1.807, 2.05) is 0 Å². The molecule has 0 aliphatic rings. The number of nitrogens with zero attached hydrogens (tertiary/aromatic N) is 1. The Bertz CT molecular complexity index is 986. The topological polar surface area (TPSA) is 72.6 Å². The fourth-order valence-electron chi connectivity index (χ4n) is 2.46. The molecule has 0 saturated carbocycles. The van der Waals surface area contributed by atoms with E-state index in [0.717, 1.165) is 17.7 Å². The van der Waals surface area contributed by atoms with E-state index in [9.17, 15) is 19.6 Å². The predicted molar refractivity (Wildman–Crippen MR) is 101 cm³/mol. The molecule has 0 radical (unpaired) electrons. The largest absolute Gasteiger partial charge is 0.508 e. The molecule has 0 aromatic heterocycles. The molecule has 0 amide bonds.